The molecule has 2 heterocycles. The van der Waals surface area contributed by atoms with Crippen LogP contribution >= 0.6 is 38.6 Å². The number of anilines is 1. The number of methoxy groups -OCH3 is 1. The van der Waals surface area contributed by atoms with Crippen LogP contribution in [0.5, 0.6) is 0 Å². The van der Waals surface area contributed by atoms with E-state index in [0.29, 0.717) is 15.4 Å². The van der Waals surface area contributed by atoms with Crippen molar-refractivity contribution in [3.8, 4) is 11.1 Å². The molecule has 1 amide bonds. The first-order valence-electron chi connectivity index (χ1n) is 8.17. The highest BCUT2D eigenvalue weighted by atomic mass is 79.9. The van der Waals surface area contributed by atoms with E-state index in [1.165, 1.54) is 29.8 Å². The number of thiophene rings is 2. The molecule has 0 aliphatic heterocycles. The Bertz CT molecular complexity index is 1040. The SMILES string of the molecule is COC(=O)c1c(NC(=O)c2ccc(Br)s2)sc(C)c1-c1cc(C)ccc1C. The summed E-state index contributed by atoms with van der Waals surface area (Å²) in [6.07, 6.45) is 0. The van der Waals surface area contributed by atoms with E-state index < -0.39 is 5.97 Å². The van der Waals surface area contributed by atoms with Gasteiger partial charge in [-0.25, -0.2) is 4.79 Å². The van der Waals surface area contributed by atoms with Gasteiger partial charge in [-0.1, -0.05) is 23.8 Å². The van der Waals surface area contributed by atoms with Crippen LogP contribution in [0, 0.1) is 20.8 Å². The molecule has 0 fully saturated rings. The van der Waals surface area contributed by atoms with E-state index in [-0.39, 0.29) is 5.91 Å². The molecule has 0 saturated heterocycles. The van der Waals surface area contributed by atoms with Crippen molar-refractivity contribution in [3.63, 3.8) is 0 Å². The summed E-state index contributed by atoms with van der Waals surface area (Å²) in [7, 11) is 1.35. The Morgan fingerprint density at radius 1 is 1.07 bits per heavy atom. The maximum atomic E-state index is 12.6. The van der Waals surface area contributed by atoms with Crippen LogP contribution in [0.2, 0.25) is 0 Å². The van der Waals surface area contributed by atoms with E-state index >= 15 is 0 Å². The molecule has 0 aliphatic carbocycles. The number of esters is 1. The van der Waals surface area contributed by atoms with E-state index in [2.05, 4.69) is 27.3 Å². The summed E-state index contributed by atoms with van der Waals surface area (Å²) in [5.41, 5.74) is 4.36. The van der Waals surface area contributed by atoms with Crippen molar-refractivity contribution >= 4 is 55.5 Å². The average Bonchev–Trinajstić information content (AvgIpc) is 3.19. The minimum Gasteiger partial charge on any atom is -0.465 e. The van der Waals surface area contributed by atoms with Crippen molar-refractivity contribution in [3.05, 3.63) is 60.6 Å². The Kier molecular flexibility index (Phi) is 5.83. The number of aryl methyl sites for hydroxylation is 3. The molecular weight excluding hydrogens is 446 g/mol. The molecule has 140 valence electrons. The molecule has 2 aromatic heterocycles. The van der Waals surface area contributed by atoms with Gasteiger partial charge < -0.3 is 10.1 Å². The van der Waals surface area contributed by atoms with Crippen LogP contribution in [0.3, 0.4) is 0 Å². The minimum atomic E-state index is -0.460. The van der Waals surface area contributed by atoms with Gasteiger partial charge in [0.1, 0.15) is 10.6 Å². The zero-order valence-corrected chi connectivity index (χ0v) is 18.5. The Balaban J connectivity index is 2.12. The largest absolute Gasteiger partial charge is 0.465 e. The topological polar surface area (TPSA) is 55.4 Å². The van der Waals surface area contributed by atoms with Crippen molar-refractivity contribution < 1.29 is 14.3 Å². The molecule has 3 aromatic rings. The number of benzene rings is 1. The number of rotatable bonds is 4. The van der Waals surface area contributed by atoms with Crippen molar-refractivity contribution in [1.82, 2.24) is 0 Å². The number of carbonyl (C=O) groups is 2. The third-order valence-electron chi connectivity index (χ3n) is 4.16. The van der Waals surface area contributed by atoms with Gasteiger partial charge in [-0.05, 0) is 60.0 Å². The molecule has 0 atom stereocenters. The fourth-order valence-corrected chi connectivity index (χ4v) is 5.19. The van der Waals surface area contributed by atoms with E-state index in [0.717, 1.165) is 30.9 Å². The maximum absolute atomic E-state index is 12.6. The zero-order chi connectivity index (χ0) is 19.7. The molecule has 1 aromatic carbocycles. The molecule has 3 rings (SSSR count). The zero-order valence-electron chi connectivity index (χ0n) is 15.3. The number of nitrogens with one attached hydrogen (secondary N) is 1. The Morgan fingerprint density at radius 3 is 2.44 bits per heavy atom. The quantitative estimate of drug-likeness (QED) is 0.468. The first-order valence-corrected chi connectivity index (χ1v) is 10.6. The fraction of sp³-hybridized carbons (Fsp3) is 0.200. The summed E-state index contributed by atoms with van der Waals surface area (Å²) in [4.78, 5) is 26.7. The first-order chi connectivity index (χ1) is 12.8. The van der Waals surface area contributed by atoms with Crippen molar-refractivity contribution in [1.29, 1.82) is 0 Å². The maximum Gasteiger partial charge on any atom is 0.341 e. The second-order valence-electron chi connectivity index (χ2n) is 6.11. The van der Waals surface area contributed by atoms with Gasteiger partial charge in [-0.2, -0.15) is 0 Å². The Labute approximate surface area is 174 Å². The lowest BCUT2D eigenvalue weighted by Gasteiger charge is -2.11. The summed E-state index contributed by atoms with van der Waals surface area (Å²) in [6.45, 7) is 5.97. The second-order valence-corrected chi connectivity index (χ2v) is 9.79. The Morgan fingerprint density at radius 2 is 1.81 bits per heavy atom. The molecule has 4 nitrogen and oxygen atoms in total. The number of amides is 1. The first kappa shape index (κ1) is 19.8. The average molecular weight is 464 g/mol. The van der Waals surface area contributed by atoms with Crippen LogP contribution in [-0.4, -0.2) is 19.0 Å². The fourth-order valence-electron chi connectivity index (χ4n) is 2.86. The normalized spacial score (nSPS) is 10.7. The van der Waals surface area contributed by atoms with E-state index in [4.69, 9.17) is 4.74 Å². The third kappa shape index (κ3) is 4.00. The highest BCUT2D eigenvalue weighted by molar-refractivity contribution is 9.11. The van der Waals surface area contributed by atoms with Gasteiger partial charge in [0, 0.05) is 10.4 Å². The predicted octanol–water partition coefficient (Wildman–Crippen LogP) is 6.20. The van der Waals surface area contributed by atoms with Crippen LogP contribution in [0.15, 0.2) is 34.1 Å². The highest BCUT2D eigenvalue weighted by Crippen LogP contribution is 2.42. The van der Waals surface area contributed by atoms with Crippen molar-refractivity contribution in [2.24, 2.45) is 0 Å². The molecule has 0 spiro atoms. The molecule has 0 bridgehead atoms. The van der Waals surface area contributed by atoms with Gasteiger partial charge >= 0.3 is 5.97 Å². The molecule has 1 N–H and O–H groups in total. The van der Waals surface area contributed by atoms with Crippen LogP contribution < -0.4 is 5.32 Å². The number of hydrogen-bond acceptors (Lipinski definition) is 5. The molecule has 0 saturated carbocycles. The van der Waals surface area contributed by atoms with Gasteiger partial charge in [-0.15, -0.1) is 22.7 Å². The van der Waals surface area contributed by atoms with E-state index in [9.17, 15) is 9.59 Å². The second kappa shape index (κ2) is 7.96. The van der Waals surface area contributed by atoms with Gasteiger partial charge in [0.25, 0.3) is 5.91 Å². The highest BCUT2D eigenvalue weighted by Gasteiger charge is 2.26. The van der Waals surface area contributed by atoms with Gasteiger partial charge in [0.2, 0.25) is 0 Å². The van der Waals surface area contributed by atoms with Gasteiger partial charge in [-0.3, -0.25) is 4.79 Å². The summed E-state index contributed by atoms with van der Waals surface area (Å²) in [5.74, 6) is -0.706. The van der Waals surface area contributed by atoms with Crippen LogP contribution in [0.4, 0.5) is 5.00 Å². The minimum absolute atomic E-state index is 0.246. The molecule has 0 radical (unpaired) electrons. The summed E-state index contributed by atoms with van der Waals surface area (Å²) in [6, 6.07) is 9.69. The lowest BCUT2D eigenvalue weighted by molar-refractivity contribution is 0.0603. The molecule has 27 heavy (non-hydrogen) atoms. The lowest BCUT2D eigenvalue weighted by atomic mass is 9.95. The lowest BCUT2D eigenvalue weighted by Crippen LogP contribution is -2.13. The Hall–Kier alpha value is -1.96. The monoisotopic (exact) mass is 463 g/mol. The summed E-state index contributed by atoms with van der Waals surface area (Å²) in [5, 5.41) is 3.39. The smallest absolute Gasteiger partial charge is 0.341 e. The molecule has 0 aliphatic rings. The number of hydrogen-bond donors (Lipinski definition) is 1. The standard InChI is InChI=1S/C20H18BrNO3S2/c1-10-5-6-11(2)13(9-10)16-12(3)26-19(17(16)20(24)25-4)22-18(23)14-7-8-15(21)27-14/h5-9H,1-4H3,(H,22,23). The summed E-state index contributed by atoms with van der Waals surface area (Å²) >= 11 is 6.09. The van der Waals surface area contributed by atoms with E-state index in [1.807, 2.05) is 39.0 Å². The molecule has 0 unspecified atom stereocenters. The number of halogens is 1. The number of ether oxygens (including phenoxy) is 1. The van der Waals surface area contributed by atoms with Crippen LogP contribution in [0.25, 0.3) is 11.1 Å². The van der Waals surface area contributed by atoms with Crippen LogP contribution in [0.1, 0.15) is 36.0 Å². The van der Waals surface area contributed by atoms with Crippen LogP contribution in [-0.2, 0) is 4.74 Å². The number of carbonyl (C=O) groups excluding carboxylic acids is 2. The predicted molar refractivity (Wildman–Crippen MR) is 115 cm³/mol. The molecular formula is C20H18BrNO3S2. The van der Waals surface area contributed by atoms with E-state index in [1.54, 1.807) is 6.07 Å². The van der Waals surface area contributed by atoms with Crippen molar-refractivity contribution in [2.45, 2.75) is 20.8 Å². The van der Waals surface area contributed by atoms with Gasteiger partial charge in [0.05, 0.1) is 15.8 Å². The summed E-state index contributed by atoms with van der Waals surface area (Å²) < 4.78 is 5.90. The van der Waals surface area contributed by atoms with Gasteiger partial charge in [0.15, 0.2) is 0 Å². The third-order valence-corrected chi connectivity index (χ3v) is 6.80. The van der Waals surface area contributed by atoms with Crippen molar-refractivity contribution in [2.75, 3.05) is 12.4 Å². The molecule has 7 heteroatoms.